The van der Waals surface area contributed by atoms with Crippen molar-refractivity contribution in [2.75, 3.05) is 99.7 Å². The molecular weight excluding hydrogens is 1800 g/mol. The van der Waals surface area contributed by atoms with E-state index in [1.54, 1.807) is 0 Å². The van der Waals surface area contributed by atoms with Crippen LogP contribution in [0.4, 0.5) is 0 Å². The van der Waals surface area contributed by atoms with E-state index in [4.69, 9.17) is 10.2 Å². The minimum atomic E-state index is 0.0538. The molecule has 0 saturated carbocycles. The van der Waals surface area contributed by atoms with E-state index < -0.39 is 0 Å². The first-order valence-electron chi connectivity index (χ1n) is 55.2. The molecule has 0 radical (unpaired) electrons. The smallest absolute Gasteiger partial charge is 0.0682 e. The van der Waals surface area contributed by atoms with Crippen LogP contribution in [0.25, 0.3) is 5.70 Å². The molecule has 0 fully saturated rings. The quantitative estimate of drug-likeness (QED) is 0.108. The van der Waals surface area contributed by atoms with Crippen molar-refractivity contribution in [1.82, 2.24) is 149 Å². The molecule has 0 amide bonds. The van der Waals surface area contributed by atoms with Crippen molar-refractivity contribution in [3.05, 3.63) is 181 Å². The summed E-state index contributed by atoms with van der Waals surface area (Å²) in [6.07, 6.45) is 34.4. The van der Waals surface area contributed by atoms with Gasteiger partial charge in [0.1, 0.15) is 0 Å². The van der Waals surface area contributed by atoms with Gasteiger partial charge in [-0.1, -0.05) is 62.0 Å². The average molecular weight is 2000 g/mol. The summed E-state index contributed by atoms with van der Waals surface area (Å²) >= 11 is 0. The molecule has 20 rings (SSSR count). The van der Waals surface area contributed by atoms with Crippen LogP contribution in [0.1, 0.15) is 379 Å². The molecule has 0 atom stereocenters. The molecule has 145 heavy (non-hydrogen) atoms. The Morgan fingerprint density at radius 3 is 1.10 bits per heavy atom. The van der Waals surface area contributed by atoms with Crippen molar-refractivity contribution in [3.63, 3.8) is 0 Å². The van der Waals surface area contributed by atoms with Gasteiger partial charge in [-0.2, -0.15) is 51.0 Å². The highest BCUT2D eigenvalue weighted by atomic mass is 15.4. The molecule has 10 aliphatic rings. The summed E-state index contributed by atoms with van der Waals surface area (Å²) in [6, 6.07) is 4.46. The van der Waals surface area contributed by atoms with E-state index in [1.165, 1.54) is 184 Å². The van der Waals surface area contributed by atoms with Gasteiger partial charge in [-0.25, -0.2) is 0 Å². The number of hydrogen-bond acceptors (Lipinski definition) is 20. The first-order valence-corrected chi connectivity index (χ1v) is 55.2. The third kappa shape index (κ3) is 33.1. The number of likely N-dealkylation sites (N-methyl/N-ethyl adjacent to an activating group) is 1. The fourth-order valence-electron chi connectivity index (χ4n) is 19.6. The number of aryl methyl sites for hydroxylation is 3. The molecule has 808 valence electrons. The highest BCUT2D eigenvalue weighted by molar-refractivity contribution is 5.64. The number of nitrogens with one attached hydrogen (secondary N) is 5. The van der Waals surface area contributed by atoms with Gasteiger partial charge >= 0.3 is 0 Å². The van der Waals surface area contributed by atoms with Crippen molar-refractivity contribution >= 4 is 5.70 Å². The Morgan fingerprint density at radius 2 is 0.628 bits per heavy atom. The van der Waals surface area contributed by atoms with Crippen LogP contribution in [-0.4, -0.2) is 222 Å². The van der Waals surface area contributed by atoms with E-state index in [9.17, 15) is 0 Å². The monoisotopic (exact) mass is 2000 g/mol. The number of fused-ring (bicyclic) bond motifs is 10. The van der Waals surface area contributed by atoms with Crippen molar-refractivity contribution < 1.29 is 0 Å². The SMILES string of the molecule is C=C1NCCCc2c1cnn2C(C)(C)C.CC(C)(C)c1cc2n(n1)CCNC2.CC(C)(C)n1cc2c(n1)CCCNC2.CC(C)(C)n1cc2c(n1)CCNC2.CC(C)(C)n1ncc2c1CCCNC2.CCN1CCCc2c(cnn2C(C)(C)C)C1.CCN1CCCc2nn(C(C)(C)C)cc2C1.CN1CCCc2c(cnn2C(C)(C)C)C1.CN1CCCc2nn(C(C)(C)C)cc2C1.CN1CCn2nc(C(C)(C)C)cc2C1. The molecule has 0 spiro atoms. The molecular formula is C115H198N30. The zero-order valence-electron chi connectivity index (χ0n) is 97.5. The van der Waals surface area contributed by atoms with Gasteiger partial charge in [-0.15, -0.1) is 0 Å². The lowest BCUT2D eigenvalue weighted by molar-refractivity contribution is 0.258. The van der Waals surface area contributed by atoms with Crippen LogP contribution in [0.5, 0.6) is 0 Å². The van der Waals surface area contributed by atoms with Crippen LogP contribution in [0.15, 0.2) is 68.3 Å². The molecule has 5 N–H and O–H groups in total. The van der Waals surface area contributed by atoms with Crippen molar-refractivity contribution in [2.45, 2.75) is 445 Å². The van der Waals surface area contributed by atoms with Crippen LogP contribution in [0.3, 0.4) is 0 Å². The maximum absolute atomic E-state index is 4.74. The predicted molar refractivity (Wildman–Crippen MR) is 596 cm³/mol. The summed E-state index contributed by atoms with van der Waals surface area (Å²) in [7, 11) is 6.53. The Morgan fingerprint density at radius 1 is 0.290 bits per heavy atom. The summed E-state index contributed by atoms with van der Waals surface area (Å²) < 4.78 is 21.4. The first-order chi connectivity index (χ1) is 67.7. The fraction of sp³-hybridized carbons (Fsp3) is 0.722. The van der Waals surface area contributed by atoms with Gasteiger partial charge in [0.25, 0.3) is 0 Å². The third-order valence-electron chi connectivity index (χ3n) is 28.2. The second kappa shape index (κ2) is 49.4. The van der Waals surface area contributed by atoms with Gasteiger partial charge in [0.2, 0.25) is 0 Å². The lowest BCUT2D eigenvalue weighted by Gasteiger charge is -2.22. The molecule has 20 heterocycles. The van der Waals surface area contributed by atoms with Crippen LogP contribution < -0.4 is 26.6 Å². The second-order valence-electron chi connectivity index (χ2n) is 52.1. The predicted octanol–water partition coefficient (Wildman–Crippen LogP) is 18.5. The molecule has 30 nitrogen and oxygen atoms in total. The largest absolute Gasteiger partial charge is 0.385 e. The number of hydrogen-bond donors (Lipinski definition) is 5. The van der Waals surface area contributed by atoms with Crippen LogP contribution in [-0.2, 0) is 179 Å². The summed E-state index contributed by atoms with van der Waals surface area (Å²) in [5.74, 6) is 0. The van der Waals surface area contributed by atoms with E-state index in [-0.39, 0.29) is 55.1 Å². The molecule has 30 heteroatoms. The lowest BCUT2D eigenvalue weighted by Crippen LogP contribution is -2.30. The average Bonchev–Trinajstić information content (AvgIpc) is 1.59. The maximum atomic E-state index is 4.74. The Kier molecular flexibility index (Phi) is 39.7. The standard InChI is InChI=1S/2C13H23N3.2C12H21N3.C12H19N3.3C11H19N3.2C10H17N3/c1-5-15-8-6-7-12-11(9-15)10-16(14-12)13(2,3)4;1-5-15-8-6-7-12-11(10-15)9-14-16(12)13(2,3)4;1-12(2,3)15-9-10-8-14(4)7-5-6-11(10)13-15;1-12(2,3)15-11-6-5-7-14(4)9-10(11)8-13-15;1-9-10-8-14-15(12(2,3)4)11(10)6-5-7-13-9;1-11(2,3)10-7-9-8-13(4)5-6-14(9)12-10;1-11(2,3)14-8-9-7-12-6-4-5-10(9)13-14;1-11(2,3)14-10-5-4-6-12-7-9(10)8-13-14;1-10(2,3)9-6-8-7-11-4-5-13(8)12-9;1-10(2,3)13-7-8-6-11-5-4-9(8)12-13/h10H,5-9H2,1-4H3;9H,5-8,10H2,1-4H3;9H,5-8H2,1-4H3;8H,5-7,9H2,1-4H3;8,13H,1,5-7H2,2-4H3;7H,5-6,8H2,1-4H3;2*8,12H,4-7H2,1-3H3;6,11H,4-5,7H2,1-3H3;7,11H,4-6H2,1-3H3. The van der Waals surface area contributed by atoms with Gasteiger partial charge < -0.3 is 36.4 Å². The highest BCUT2D eigenvalue weighted by Gasteiger charge is 2.33. The molecule has 10 aromatic heterocycles. The summed E-state index contributed by atoms with van der Waals surface area (Å²) in [4.78, 5) is 12.1. The Labute approximate surface area is 875 Å². The minimum absolute atomic E-state index is 0.0538. The van der Waals surface area contributed by atoms with E-state index in [0.29, 0.717) is 0 Å². The molecule has 0 aliphatic carbocycles. The van der Waals surface area contributed by atoms with Gasteiger partial charge in [0.05, 0.1) is 128 Å². The molecule has 0 unspecified atom stereocenters. The van der Waals surface area contributed by atoms with Gasteiger partial charge in [0.15, 0.2) is 0 Å². The Balaban J connectivity index is 0.000000154. The van der Waals surface area contributed by atoms with Crippen LogP contribution >= 0.6 is 0 Å². The lowest BCUT2D eigenvalue weighted by atomic mass is 9.92. The fourth-order valence-corrected chi connectivity index (χ4v) is 19.6. The normalized spacial score (nSPS) is 17.9. The van der Waals surface area contributed by atoms with E-state index >= 15 is 0 Å². The maximum Gasteiger partial charge on any atom is 0.0682 e. The van der Waals surface area contributed by atoms with Crippen LogP contribution in [0, 0.1) is 0 Å². The Bertz CT molecular complexity index is 5500. The molecule has 0 saturated heterocycles. The van der Waals surface area contributed by atoms with Gasteiger partial charge in [0, 0.05) is 200 Å². The summed E-state index contributed by atoms with van der Waals surface area (Å²) in [5.41, 5.74) is 29.0. The minimum Gasteiger partial charge on any atom is -0.385 e. The van der Waals surface area contributed by atoms with Crippen molar-refractivity contribution in [1.29, 1.82) is 0 Å². The molecule has 0 aromatic carbocycles. The zero-order valence-corrected chi connectivity index (χ0v) is 97.5. The zero-order chi connectivity index (χ0) is 106. The van der Waals surface area contributed by atoms with Crippen molar-refractivity contribution in [2.24, 2.45) is 0 Å². The second-order valence-corrected chi connectivity index (χ2v) is 52.1. The van der Waals surface area contributed by atoms with Gasteiger partial charge in [-0.05, 0) is 342 Å². The van der Waals surface area contributed by atoms with Gasteiger partial charge in [-0.3, -0.25) is 61.5 Å². The number of aromatic nitrogens is 20. The first kappa shape index (κ1) is 117. The summed E-state index contributed by atoms with van der Waals surface area (Å²) in [5, 5.41) is 62.9. The number of rotatable bonds is 2. The molecule has 10 aliphatic heterocycles. The van der Waals surface area contributed by atoms with E-state index in [0.717, 1.165) is 181 Å². The van der Waals surface area contributed by atoms with Crippen molar-refractivity contribution in [3.8, 4) is 0 Å². The highest BCUT2D eigenvalue weighted by Crippen LogP contribution is 2.33. The Hall–Kier alpha value is -8.72. The van der Waals surface area contributed by atoms with E-state index in [2.05, 4.69) is 431 Å². The topological polar surface area (TPSA) is 255 Å². The molecule has 0 bridgehead atoms. The summed E-state index contributed by atoms with van der Waals surface area (Å²) in [6.45, 7) is 99.3. The number of nitrogens with zero attached hydrogens (tertiary/aromatic N) is 25. The molecule has 10 aromatic rings. The van der Waals surface area contributed by atoms with Crippen LogP contribution in [0.2, 0.25) is 0 Å². The van der Waals surface area contributed by atoms with E-state index in [1.807, 2.05) is 18.6 Å². The third-order valence-corrected chi connectivity index (χ3v) is 28.2.